The van der Waals surface area contributed by atoms with Crippen molar-refractivity contribution in [3.8, 4) is 0 Å². The zero-order valence-electron chi connectivity index (χ0n) is 7.21. The van der Waals surface area contributed by atoms with Gasteiger partial charge >= 0.3 is 0 Å². The van der Waals surface area contributed by atoms with E-state index in [1.807, 2.05) is 0 Å². The van der Waals surface area contributed by atoms with Crippen molar-refractivity contribution in [2.24, 2.45) is 17.3 Å². The van der Waals surface area contributed by atoms with Gasteiger partial charge in [-0.05, 0) is 18.8 Å². The van der Waals surface area contributed by atoms with E-state index in [0.29, 0.717) is 29.6 Å². The SMILES string of the molecule is O=C1COC[C@]23CCCC[C@H]2[C@H]13. The fraction of sp³-hybridized carbons (Fsp3) is 0.900. The Hall–Kier alpha value is -0.370. The van der Waals surface area contributed by atoms with Crippen molar-refractivity contribution >= 4 is 5.78 Å². The average Bonchev–Trinajstić information content (AvgIpc) is 2.74. The quantitative estimate of drug-likeness (QED) is 0.543. The molecule has 1 saturated heterocycles. The van der Waals surface area contributed by atoms with E-state index >= 15 is 0 Å². The van der Waals surface area contributed by atoms with Crippen LogP contribution in [0.2, 0.25) is 0 Å². The Morgan fingerprint density at radius 3 is 3.25 bits per heavy atom. The molecule has 1 spiro atoms. The fourth-order valence-corrected chi connectivity index (χ4v) is 3.44. The molecule has 0 radical (unpaired) electrons. The molecule has 0 aromatic heterocycles. The van der Waals surface area contributed by atoms with Crippen molar-refractivity contribution in [2.75, 3.05) is 13.2 Å². The largest absolute Gasteiger partial charge is 0.373 e. The first-order chi connectivity index (χ1) is 5.84. The maximum Gasteiger partial charge on any atom is 0.162 e. The van der Waals surface area contributed by atoms with Crippen LogP contribution in [0.4, 0.5) is 0 Å². The molecule has 0 N–H and O–H groups in total. The van der Waals surface area contributed by atoms with Crippen LogP contribution < -0.4 is 0 Å². The number of hydrogen-bond donors (Lipinski definition) is 0. The zero-order valence-corrected chi connectivity index (χ0v) is 7.21. The van der Waals surface area contributed by atoms with Gasteiger partial charge in [0.1, 0.15) is 6.61 Å². The highest BCUT2D eigenvalue weighted by Gasteiger charge is 2.68. The number of hydrogen-bond acceptors (Lipinski definition) is 2. The summed E-state index contributed by atoms with van der Waals surface area (Å²) in [6.07, 6.45) is 5.16. The van der Waals surface area contributed by atoms with Crippen molar-refractivity contribution in [1.29, 1.82) is 0 Å². The van der Waals surface area contributed by atoms with Crippen LogP contribution in [0, 0.1) is 17.3 Å². The topological polar surface area (TPSA) is 26.3 Å². The van der Waals surface area contributed by atoms with Crippen molar-refractivity contribution in [3.63, 3.8) is 0 Å². The molecule has 1 aliphatic heterocycles. The van der Waals surface area contributed by atoms with E-state index in [1.165, 1.54) is 25.7 Å². The highest BCUT2D eigenvalue weighted by atomic mass is 16.5. The van der Waals surface area contributed by atoms with Crippen LogP contribution in [-0.2, 0) is 9.53 Å². The van der Waals surface area contributed by atoms with Gasteiger partial charge in [0.2, 0.25) is 0 Å². The van der Waals surface area contributed by atoms with Crippen LogP contribution in [0.1, 0.15) is 25.7 Å². The average molecular weight is 166 g/mol. The zero-order chi connectivity index (χ0) is 8.18. The Morgan fingerprint density at radius 2 is 2.33 bits per heavy atom. The van der Waals surface area contributed by atoms with Crippen LogP contribution in [0.25, 0.3) is 0 Å². The molecule has 3 atom stereocenters. The number of carbonyl (C=O) groups is 1. The van der Waals surface area contributed by atoms with Crippen LogP contribution in [0.3, 0.4) is 0 Å². The molecule has 3 aliphatic rings. The van der Waals surface area contributed by atoms with E-state index in [0.717, 1.165) is 6.61 Å². The summed E-state index contributed by atoms with van der Waals surface area (Å²) in [5.74, 6) is 1.50. The van der Waals surface area contributed by atoms with Gasteiger partial charge < -0.3 is 4.74 Å². The molecule has 2 nitrogen and oxygen atoms in total. The Labute approximate surface area is 72.3 Å². The van der Waals surface area contributed by atoms with Crippen LogP contribution in [0.5, 0.6) is 0 Å². The maximum atomic E-state index is 11.5. The molecule has 0 unspecified atom stereocenters. The smallest absolute Gasteiger partial charge is 0.162 e. The van der Waals surface area contributed by atoms with E-state index in [2.05, 4.69) is 0 Å². The standard InChI is InChI=1S/C10H14O2/c11-8-5-12-6-10-4-2-1-3-7(10)9(8)10/h7,9H,1-6H2/t7-,9+,10+/m0/s1. The lowest BCUT2D eigenvalue weighted by Gasteiger charge is -2.23. The van der Waals surface area contributed by atoms with Gasteiger partial charge in [-0.1, -0.05) is 12.8 Å². The second kappa shape index (κ2) is 2.11. The van der Waals surface area contributed by atoms with Gasteiger partial charge in [0.25, 0.3) is 0 Å². The van der Waals surface area contributed by atoms with Crippen molar-refractivity contribution < 1.29 is 9.53 Å². The van der Waals surface area contributed by atoms with Gasteiger partial charge in [-0.2, -0.15) is 0 Å². The fourth-order valence-electron chi connectivity index (χ4n) is 3.44. The summed E-state index contributed by atoms with van der Waals surface area (Å²) >= 11 is 0. The van der Waals surface area contributed by atoms with Crippen LogP contribution >= 0.6 is 0 Å². The van der Waals surface area contributed by atoms with Gasteiger partial charge in [0.15, 0.2) is 5.78 Å². The first kappa shape index (κ1) is 7.07. The third kappa shape index (κ3) is 0.674. The number of ketones is 1. The molecule has 0 amide bonds. The number of rotatable bonds is 0. The minimum Gasteiger partial charge on any atom is -0.373 e. The predicted molar refractivity (Wildman–Crippen MR) is 43.7 cm³/mol. The highest BCUT2D eigenvalue weighted by molar-refractivity contribution is 5.87. The monoisotopic (exact) mass is 166 g/mol. The normalized spacial score (nSPS) is 51.2. The molecule has 2 saturated carbocycles. The molecular weight excluding hydrogens is 152 g/mol. The molecule has 2 heteroatoms. The maximum absolute atomic E-state index is 11.5. The Bertz CT molecular complexity index is 232. The van der Waals surface area contributed by atoms with E-state index in [4.69, 9.17) is 4.74 Å². The minimum atomic E-state index is 0.341. The summed E-state index contributed by atoms with van der Waals surface area (Å²) in [6.45, 7) is 1.26. The Balaban J connectivity index is 1.90. The van der Waals surface area contributed by atoms with Gasteiger partial charge in [-0.15, -0.1) is 0 Å². The van der Waals surface area contributed by atoms with Gasteiger partial charge in [-0.3, -0.25) is 4.79 Å². The lowest BCUT2D eigenvalue weighted by molar-refractivity contribution is -0.130. The molecule has 66 valence electrons. The second-order valence-electron chi connectivity index (χ2n) is 4.52. The van der Waals surface area contributed by atoms with Gasteiger partial charge in [-0.25, -0.2) is 0 Å². The molecule has 0 aromatic rings. The molecule has 0 bridgehead atoms. The predicted octanol–water partition coefficient (Wildman–Crippen LogP) is 1.39. The number of Topliss-reactive ketones (excluding diaryl/α,β-unsaturated/α-hetero) is 1. The van der Waals surface area contributed by atoms with E-state index in [1.54, 1.807) is 0 Å². The van der Waals surface area contributed by atoms with Crippen molar-refractivity contribution in [2.45, 2.75) is 25.7 Å². The van der Waals surface area contributed by atoms with Crippen molar-refractivity contribution in [3.05, 3.63) is 0 Å². The third-order valence-corrected chi connectivity index (χ3v) is 4.02. The Morgan fingerprint density at radius 1 is 1.42 bits per heavy atom. The molecule has 2 aliphatic carbocycles. The summed E-state index contributed by atoms with van der Waals surface area (Å²) in [7, 11) is 0. The summed E-state index contributed by atoms with van der Waals surface area (Å²) in [5.41, 5.74) is 0.341. The lowest BCUT2D eigenvalue weighted by Crippen LogP contribution is -2.27. The van der Waals surface area contributed by atoms with E-state index in [-0.39, 0.29) is 0 Å². The van der Waals surface area contributed by atoms with E-state index in [9.17, 15) is 4.79 Å². The summed E-state index contributed by atoms with van der Waals surface area (Å²) in [6, 6.07) is 0. The van der Waals surface area contributed by atoms with Crippen LogP contribution in [0.15, 0.2) is 0 Å². The number of carbonyl (C=O) groups excluding carboxylic acids is 1. The second-order valence-corrected chi connectivity index (χ2v) is 4.52. The van der Waals surface area contributed by atoms with Gasteiger partial charge in [0.05, 0.1) is 6.61 Å². The molecular formula is C10H14O2. The number of ether oxygens (including phenoxy) is 1. The molecule has 3 fully saturated rings. The number of fused-ring (bicyclic) bond motifs is 1. The first-order valence-corrected chi connectivity index (χ1v) is 4.95. The van der Waals surface area contributed by atoms with Crippen LogP contribution in [-0.4, -0.2) is 19.0 Å². The Kier molecular flexibility index (Phi) is 1.24. The summed E-state index contributed by atoms with van der Waals surface area (Å²) in [4.78, 5) is 11.5. The van der Waals surface area contributed by atoms with Gasteiger partial charge in [0, 0.05) is 11.3 Å². The third-order valence-electron chi connectivity index (χ3n) is 4.02. The highest BCUT2D eigenvalue weighted by Crippen LogP contribution is 2.67. The molecule has 3 rings (SSSR count). The minimum absolute atomic E-state index is 0.341. The molecule has 12 heavy (non-hydrogen) atoms. The van der Waals surface area contributed by atoms with Crippen molar-refractivity contribution in [1.82, 2.24) is 0 Å². The first-order valence-electron chi connectivity index (χ1n) is 4.95. The lowest BCUT2D eigenvalue weighted by atomic mass is 9.88. The summed E-state index contributed by atoms with van der Waals surface area (Å²) < 4.78 is 5.35. The molecule has 1 heterocycles. The van der Waals surface area contributed by atoms with E-state index < -0.39 is 0 Å². The molecule has 0 aromatic carbocycles. The summed E-state index contributed by atoms with van der Waals surface area (Å²) in [5, 5.41) is 0.